The minimum Gasteiger partial charge on any atom is -0.382 e. The lowest BCUT2D eigenvalue weighted by atomic mass is 10.0. The van der Waals surface area contributed by atoms with Crippen molar-refractivity contribution in [3.05, 3.63) is 0 Å². The zero-order valence-corrected chi connectivity index (χ0v) is 34.4. The molecule has 0 rings (SSSR count). The summed E-state index contributed by atoms with van der Waals surface area (Å²) in [5.74, 6) is -0.417. The van der Waals surface area contributed by atoms with Crippen LogP contribution in [0.3, 0.4) is 0 Å². The predicted octanol–water partition coefficient (Wildman–Crippen LogP) is 1.47. The van der Waals surface area contributed by atoms with E-state index in [9.17, 15) is 14.4 Å². The second kappa shape index (κ2) is 41.8. The largest absolute Gasteiger partial charge is 0.382 e. The van der Waals surface area contributed by atoms with Gasteiger partial charge >= 0.3 is 0 Å². The van der Waals surface area contributed by atoms with Crippen LogP contribution in [0.2, 0.25) is 0 Å². The van der Waals surface area contributed by atoms with Gasteiger partial charge in [0.25, 0.3) is 0 Å². The van der Waals surface area contributed by atoms with Crippen molar-refractivity contribution in [1.29, 1.82) is 0 Å². The van der Waals surface area contributed by atoms with Gasteiger partial charge in [-0.25, -0.2) is 0 Å². The molecule has 0 saturated carbocycles. The van der Waals surface area contributed by atoms with Gasteiger partial charge in [0.2, 0.25) is 11.8 Å². The fourth-order valence-electron chi connectivity index (χ4n) is 4.22. The van der Waals surface area contributed by atoms with Crippen LogP contribution >= 0.6 is 0 Å². The van der Waals surface area contributed by atoms with E-state index in [1.54, 1.807) is 21.0 Å². The van der Waals surface area contributed by atoms with E-state index in [2.05, 4.69) is 10.6 Å². The molecule has 55 heavy (non-hydrogen) atoms. The molecule has 0 fully saturated rings. The maximum atomic E-state index is 12.5. The minimum absolute atomic E-state index is 0.0566. The number of carbonyl (C=O) groups excluding carboxylic acids is 3. The van der Waals surface area contributed by atoms with Crippen molar-refractivity contribution in [2.45, 2.75) is 53.0 Å². The van der Waals surface area contributed by atoms with Gasteiger partial charge in [-0.05, 0) is 12.3 Å². The Morgan fingerprint density at radius 3 is 1.02 bits per heavy atom. The molecule has 0 aromatic carbocycles. The van der Waals surface area contributed by atoms with Crippen LogP contribution < -0.4 is 10.6 Å². The molecule has 0 bridgehead atoms. The maximum Gasteiger partial charge on any atom is 0.222 e. The zero-order valence-electron chi connectivity index (χ0n) is 34.4. The van der Waals surface area contributed by atoms with Crippen LogP contribution in [0.5, 0.6) is 0 Å². The number of hydrogen-bond acceptors (Lipinski definition) is 15. The van der Waals surface area contributed by atoms with Crippen LogP contribution in [0.1, 0.15) is 47.0 Å². The SMILES string of the molecule is COCCOCCOCCOCCOCCOCCOCCOCCOCCOCCOCCOCCC(=O)NC[C@H](NC(=O)CCC(C)C)C(=O)C(C)C. The van der Waals surface area contributed by atoms with Crippen LogP contribution in [-0.4, -0.2) is 189 Å². The summed E-state index contributed by atoms with van der Waals surface area (Å²) in [4.78, 5) is 36.9. The lowest BCUT2D eigenvalue weighted by Crippen LogP contribution is -2.49. The normalized spacial score (nSPS) is 12.1. The first kappa shape index (κ1) is 53.1. The topological polar surface area (TPSA) is 186 Å². The summed E-state index contributed by atoms with van der Waals surface area (Å²) in [6.45, 7) is 18.5. The zero-order chi connectivity index (χ0) is 40.5. The lowest BCUT2D eigenvalue weighted by Gasteiger charge is -2.20. The molecule has 17 heteroatoms. The number of ketones is 1. The summed E-state index contributed by atoms with van der Waals surface area (Å²) < 4.78 is 64.8. The van der Waals surface area contributed by atoms with Crippen LogP contribution in [-0.2, 0) is 71.2 Å². The first-order valence-corrected chi connectivity index (χ1v) is 19.7. The molecular formula is C38H74N2O15. The number of methoxy groups -OCH3 is 1. The van der Waals surface area contributed by atoms with Crippen molar-refractivity contribution >= 4 is 17.6 Å². The highest BCUT2D eigenvalue weighted by atomic mass is 16.6. The molecule has 0 aliphatic heterocycles. The van der Waals surface area contributed by atoms with Gasteiger partial charge in [-0.2, -0.15) is 0 Å². The molecule has 0 radical (unpaired) electrons. The average molecular weight is 799 g/mol. The average Bonchev–Trinajstić information content (AvgIpc) is 3.16. The Labute approximate surface area is 329 Å². The van der Waals surface area contributed by atoms with E-state index in [1.807, 2.05) is 13.8 Å². The Kier molecular flexibility index (Phi) is 40.3. The quantitative estimate of drug-likeness (QED) is 0.0844. The summed E-state index contributed by atoms with van der Waals surface area (Å²) in [5, 5.41) is 5.49. The third-order valence-corrected chi connectivity index (χ3v) is 7.33. The molecule has 1 atom stereocenters. The molecule has 17 nitrogen and oxygen atoms in total. The summed E-state index contributed by atoms with van der Waals surface area (Å²) in [6, 6.07) is -0.745. The van der Waals surface area contributed by atoms with Crippen molar-refractivity contribution < 1.29 is 71.2 Å². The molecule has 0 aliphatic rings. The Morgan fingerprint density at radius 1 is 0.418 bits per heavy atom. The van der Waals surface area contributed by atoms with E-state index in [0.717, 1.165) is 6.42 Å². The summed E-state index contributed by atoms with van der Waals surface area (Å²) in [6.07, 6.45) is 1.23. The number of rotatable bonds is 44. The predicted molar refractivity (Wildman–Crippen MR) is 204 cm³/mol. The van der Waals surface area contributed by atoms with Gasteiger partial charge in [0.15, 0.2) is 5.78 Å². The van der Waals surface area contributed by atoms with Crippen molar-refractivity contribution in [2.24, 2.45) is 11.8 Å². The van der Waals surface area contributed by atoms with Crippen molar-refractivity contribution in [3.8, 4) is 0 Å². The van der Waals surface area contributed by atoms with Gasteiger partial charge in [0, 0.05) is 32.4 Å². The van der Waals surface area contributed by atoms with Crippen molar-refractivity contribution in [3.63, 3.8) is 0 Å². The summed E-state index contributed by atoms with van der Waals surface area (Å²) >= 11 is 0. The van der Waals surface area contributed by atoms with Gasteiger partial charge in [-0.15, -0.1) is 0 Å². The molecule has 0 spiro atoms. The standard InChI is InChI=1S/C38H74N2O15/c1-33(2)6-7-37(42)40-35(38(43)34(3)4)32-39-36(41)8-9-45-12-13-47-16-17-49-20-21-51-24-25-53-28-29-55-31-30-54-27-26-52-23-22-50-19-18-48-15-14-46-11-10-44-5/h33-35H,6-32H2,1-5H3,(H,39,41)(H,40,42)/t35-/m0/s1. The Bertz CT molecular complexity index is 870. The van der Waals surface area contributed by atoms with E-state index in [4.69, 9.17) is 56.8 Å². The molecule has 0 aliphatic carbocycles. The molecule has 2 N–H and O–H groups in total. The molecule has 0 aromatic heterocycles. The number of nitrogens with one attached hydrogen (secondary N) is 2. The molecule has 326 valence electrons. The molecule has 0 heterocycles. The smallest absolute Gasteiger partial charge is 0.222 e. The first-order valence-electron chi connectivity index (χ1n) is 19.7. The van der Waals surface area contributed by atoms with E-state index in [-0.39, 0.29) is 43.1 Å². The van der Waals surface area contributed by atoms with E-state index in [1.165, 1.54) is 0 Å². The maximum absolute atomic E-state index is 12.5. The van der Waals surface area contributed by atoms with E-state index < -0.39 is 6.04 Å². The highest BCUT2D eigenvalue weighted by Gasteiger charge is 2.23. The second-order valence-corrected chi connectivity index (χ2v) is 12.9. The number of amides is 2. The molecular weight excluding hydrogens is 724 g/mol. The summed E-state index contributed by atoms with van der Waals surface area (Å²) in [7, 11) is 1.64. The van der Waals surface area contributed by atoms with Crippen LogP contribution in [0.15, 0.2) is 0 Å². The Balaban J connectivity index is 3.38. The van der Waals surface area contributed by atoms with Crippen LogP contribution in [0.25, 0.3) is 0 Å². The third kappa shape index (κ3) is 40.1. The van der Waals surface area contributed by atoms with Crippen LogP contribution in [0, 0.1) is 11.8 Å². The molecule has 0 aromatic rings. The first-order chi connectivity index (χ1) is 26.8. The van der Waals surface area contributed by atoms with Crippen molar-refractivity contribution in [2.75, 3.05) is 166 Å². The molecule has 0 saturated heterocycles. The number of carbonyl (C=O) groups is 3. The van der Waals surface area contributed by atoms with Gasteiger partial charge in [0.1, 0.15) is 6.04 Å². The fourth-order valence-corrected chi connectivity index (χ4v) is 4.22. The fraction of sp³-hybridized carbons (Fsp3) is 0.921. The number of Topliss-reactive ketones (excluding diaryl/α,β-unsaturated/α-hetero) is 1. The Hall–Kier alpha value is -1.87. The monoisotopic (exact) mass is 799 g/mol. The number of ether oxygens (including phenoxy) is 12. The second-order valence-electron chi connectivity index (χ2n) is 12.9. The van der Waals surface area contributed by atoms with Gasteiger partial charge in [-0.1, -0.05) is 27.7 Å². The van der Waals surface area contributed by atoms with Crippen molar-refractivity contribution in [1.82, 2.24) is 10.6 Å². The van der Waals surface area contributed by atoms with Crippen LogP contribution in [0.4, 0.5) is 0 Å². The summed E-state index contributed by atoms with van der Waals surface area (Å²) in [5.41, 5.74) is 0. The lowest BCUT2D eigenvalue weighted by molar-refractivity contribution is -0.130. The number of hydrogen-bond donors (Lipinski definition) is 2. The van der Waals surface area contributed by atoms with Gasteiger partial charge in [0.05, 0.1) is 152 Å². The van der Waals surface area contributed by atoms with Gasteiger partial charge in [-0.3, -0.25) is 14.4 Å². The minimum atomic E-state index is -0.745. The highest BCUT2D eigenvalue weighted by molar-refractivity contribution is 5.91. The highest BCUT2D eigenvalue weighted by Crippen LogP contribution is 2.05. The Morgan fingerprint density at radius 2 is 0.727 bits per heavy atom. The van der Waals surface area contributed by atoms with Gasteiger partial charge < -0.3 is 67.5 Å². The van der Waals surface area contributed by atoms with E-state index in [0.29, 0.717) is 158 Å². The third-order valence-electron chi connectivity index (χ3n) is 7.33. The van der Waals surface area contributed by atoms with E-state index >= 15 is 0 Å². The molecule has 0 unspecified atom stereocenters. The molecule has 2 amide bonds.